The number of hydrogen-bond acceptors (Lipinski definition) is 6. The van der Waals surface area contributed by atoms with E-state index in [1.807, 2.05) is 30.3 Å². The molecule has 0 radical (unpaired) electrons. The van der Waals surface area contributed by atoms with E-state index in [9.17, 15) is 0 Å². The van der Waals surface area contributed by atoms with Gasteiger partial charge >= 0.3 is 0 Å². The van der Waals surface area contributed by atoms with Crippen LogP contribution in [0.4, 0.5) is 0 Å². The van der Waals surface area contributed by atoms with Crippen molar-refractivity contribution in [3.63, 3.8) is 0 Å². The van der Waals surface area contributed by atoms with Gasteiger partial charge in [0.1, 0.15) is 11.3 Å². The summed E-state index contributed by atoms with van der Waals surface area (Å²) in [6.07, 6.45) is 1.64. The molecule has 0 aliphatic carbocycles. The Hall–Kier alpha value is -3.41. The minimum Gasteiger partial charge on any atom is -0.493 e. The minimum atomic E-state index is 0.468. The van der Waals surface area contributed by atoms with Crippen molar-refractivity contribution in [1.82, 2.24) is 4.98 Å². The molecule has 0 aliphatic rings. The summed E-state index contributed by atoms with van der Waals surface area (Å²) in [4.78, 5) is 4.56. The molecule has 4 aromatic rings. The van der Waals surface area contributed by atoms with Gasteiger partial charge in [-0.15, -0.1) is 0 Å². The molecule has 0 bridgehead atoms. The van der Waals surface area contributed by atoms with Crippen molar-refractivity contribution in [2.75, 3.05) is 21.3 Å². The molecule has 2 heterocycles. The number of aromatic nitrogens is 1. The molecule has 4 rings (SSSR count). The quantitative estimate of drug-likeness (QED) is 0.515. The first-order chi connectivity index (χ1) is 12.7. The van der Waals surface area contributed by atoms with E-state index in [2.05, 4.69) is 4.98 Å². The van der Waals surface area contributed by atoms with E-state index in [-0.39, 0.29) is 0 Å². The van der Waals surface area contributed by atoms with Gasteiger partial charge < -0.3 is 23.0 Å². The fourth-order valence-electron chi connectivity index (χ4n) is 2.85. The van der Waals surface area contributed by atoms with Crippen molar-refractivity contribution in [1.29, 1.82) is 0 Å². The maximum Gasteiger partial charge on any atom is 0.227 e. The highest BCUT2D eigenvalue weighted by molar-refractivity contribution is 5.81. The smallest absolute Gasteiger partial charge is 0.227 e. The van der Waals surface area contributed by atoms with Gasteiger partial charge in [0.25, 0.3) is 0 Å². The zero-order valence-electron chi connectivity index (χ0n) is 14.6. The Morgan fingerprint density at radius 1 is 0.846 bits per heavy atom. The van der Waals surface area contributed by atoms with Gasteiger partial charge in [-0.05, 0) is 42.5 Å². The van der Waals surface area contributed by atoms with Gasteiger partial charge in [0, 0.05) is 11.1 Å². The molecule has 0 saturated carbocycles. The molecule has 0 aliphatic heterocycles. The maximum atomic E-state index is 5.96. The van der Waals surface area contributed by atoms with Crippen molar-refractivity contribution >= 4 is 11.1 Å². The van der Waals surface area contributed by atoms with Crippen LogP contribution in [0.1, 0.15) is 0 Å². The number of hydrogen-bond donors (Lipinski definition) is 0. The largest absolute Gasteiger partial charge is 0.493 e. The lowest BCUT2D eigenvalue weighted by molar-refractivity contribution is 0.324. The molecule has 132 valence electrons. The Labute approximate surface area is 149 Å². The predicted octanol–water partition coefficient (Wildman–Crippen LogP) is 4.78. The summed E-state index contributed by atoms with van der Waals surface area (Å²) < 4.78 is 27.5. The van der Waals surface area contributed by atoms with Gasteiger partial charge in [-0.25, -0.2) is 4.98 Å². The van der Waals surface area contributed by atoms with Gasteiger partial charge in [-0.2, -0.15) is 0 Å². The van der Waals surface area contributed by atoms with Gasteiger partial charge in [0.15, 0.2) is 17.1 Å². The zero-order valence-corrected chi connectivity index (χ0v) is 14.6. The Morgan fingerprint density at radius 3 is 2.23 bits per heavy atom. The molecule has 26 heavy (non-hydrogen) atoms. The second-order valence-corrected chi connectivity index (χ2v) is 5.59. The Bertz CT molecular complexity index is 1020. The van der Waals surface area contributed by atoms with E-state index >= 15 is 0 Å². The Morgan fingerprint density at radius 2 is 1.62 bits per heavy atom. The van der Waals surface area contributed by atoms with Crippen LogP contribution in [0.3, 0.4) is 0 Å². The first kappa shape index (κ1) is 16.1. The first-order valence-electron chi connectivity index (χ1n) is 7.98. The normalized spacial score (nSPS) is 10.9. The second kappa shape index (κ2) is 6.48. The van der Waals surface area contributed by atoms with Crippen molar-refractivity contribution in [3.8, 4) is 40.0 Å². The van der Waals surface area contributed by atoms with Gasteiger partial charge in [-0.3, -0.25) is 0 Å². The highest BCUT2D eigenvalue weighted by Crippen LogP contribution is 2.41. The summed E-state index contributed by atoms with van der Waals surface area (Å²) in [6, 6.07) is 13.1. The molecule has 0 amide bonds. The first-order valence-corrected chi connectivity index (χ1v) is 7.98. The molecule has 0 unspecified atom stereocenters. The van der Waals surface area contributed by atoms with Crippen molar-refractivity contribution < 1.29 is 23.0 Å². The van der Waals surface area contributed by atoms with Crippen LogP contribution in [0, 0.1) is 0 Å². The van der Waals surface area contributed by atoms with Crippen molar-refractivity contribution in [2.24, 2.45) is 0 Å². The van der Waals surface area contributed by atoms with E-state index in [1.54, 1.807) is 39.7 Å². The van der Waals surface area contributed by atoms with Crippen LogP contribution in [0.25, 0.3) is 33.9 Å². The van der Waals surface area contributed by atoms with Crippen LogP contribution in [0.2, 0.25) is 0 Å². The summed E-state index contributed by atoms with van der Waals surface area (Å²) in [7, 11) is 4.71. The minimum absolute atomic E-state index is 0.468. The van der Waals surface area contributed by atoms with Crippen LogP contribution in [0.5, 0.6) is 17.2 Å². The maximum absolute atomic E-state index is 5.96. The second-order valence-electron chi connectivity index (χ2n) is 5.59. The molecule has 0 atom stereocenters. The molecule has 0 fully saturated rings. The third-order valence-corrected chi connectivity index (χ3v) is 4.11. The van der Waals surface area contributed by atoms with E-state index in [0.29, 0.717) is 28.7 Å². The standard InChI is InChI=1S/C20H17NO5/c1-22-17-10-13(11-18(23-2)19(17)24-3)20-21-14-7-6-12(9-16(14)26-20)15-5-4-8-25-15/h4-11H,1-3H3. The van der Waals surface area contributed by atoms with E-state index < -0.39 is 0 Å². The number of nitrogens with zero attached hydrogens (tertiary/aromatic N) is 1. The highest BCUT2D eigenvalue weighted by atomic mass is 16.5. The zero-order chi connectivity index (χ0) is 18.1. The molecule has 0 N–H and O–H groups in total. The average Bonchev–Trinajstić information content (AvgIpc) is 3.35. The molecule has 0 spiro atoms. The third-order valence-electron chi connectivity index (χ3n) is 4.11. The third kappa shape index (κ3) is 2.65. The number of benzene rings is 2. The summed E-state index contributed by atoms with van der Waals surface area (Å²) in [6.45, 7) is 0. The summed E-state index contributed by atoms with van der Waals surface area (Å²) in [5.41, 5.74) is 3.08. The van der Waals surface area contributed by atoms with Gasteiger partial charge in [0.2, 0.25) is 11.6 Å². The summed E-state index contributed by atoms with van der Waals surface area (Å²) >= 11 is 0. The molecule has 2 aromatic carbocycles. The Balaban J connectivity index is 1.81. The number of fused-ring (bicyclic) bond motifs is 1. The fraction of sp³-hybridized carbons (Fsp3) is 0.150. The number of methoxy groups -OCH3 is 3. The number of furan rings is 1. The predicted molar refractivity (Wildman–Crippen MR) is 96.8 cm³/mol. The average molecular weight is 351 g/mol. The Kier molecular flexibility index (Phi) is 4.01. The van der Waals surface area contributed by atoms with Crippen LogP contribution in [-0.4, -0.2) is 26.3 Å². The topological polar surface area (TPSA) is 66.9 Å². The molecule has 2 aromatic heterocycles. The lowest BCUT2D eigenvalue weighted by Crippen LogP contribution is -1.95. The van der Waals surface area contributed by atoms with Crippen LogP contribution in [-0.2, 0) is 0 Å². The van der Waals surface area contributed by atoms with E-state index in [1.165, 1.54) is 0 Å². The van der Waals surface area contributed by atoms with Crippen LogP contribution >= 0.6 is 0 Å². The van der Waals surface area contributed by atoms with Crippen LogP contribution in [0.15, 0.2) is 57.6 Å². The SMILES string of the molecule is COc1cc(-c2nc3ccc(-c4ccco4)cc3o2)cc(OC)c1OC. The highest BCUT2D eigenvalue weighted by Gasteiger charge is 2.17. The van der Waals surface area contributed by atoms with E-state index in [0.717, 1.165) is 22.4 Å². The number of rotatable bonds is 5. The molecular weight excluding hydrogens is 334 g/mol. The fourth-order valence-corrected chi connectivity index (χ4v) is 2.85. The van der Waals surface area contributed by atoms with Gasteiger partial charge in [0.05, 0.1) is 27.6 Å². The molecular formula is C20H17NO5. The van der Waals surface area contributed by atoms with E-state index in [4.69, 9.17) is 23.0 Å². The number of oxazole rings is 1. The van der Waals surface area contributed by atoms with Crippen molar-refractivity contribution in [2.45, 2.75) is 0 Å². The summed E-state index contributed by atoms with van der Waals surface area (Å²) in [5.74, 6) is 2.85. The molecule has 6 heteroatoms. The summed E-state index contributed by atoms with van der Waals surface area (Å²) in [5, 5.41) is 0. The van der Waals surface area contributed by atoms with Crippen LogP contribution < -0.4 is 14.2 Å². The lowest BCUT2D eigenvalue weighted by Gasteiger charge is -2.12. The van der Waals surface area contributed by atoms with Gasteiger partial charge in [-0.1, -0.05) is 0 Å². The molecule has 0 saturated heterocycles. The monoisotopic (exact) mass is 351 g/mol. The lowest BCUT2D eigenvalue weighted by atomic mass is 10.1. The number of ether oxygens (including phenoxy) is 3. The molecule has 6 nitrogen and oxygen atoms in total. The van der Waals surface area contributed by atoms with Crippen molar-refractivity contribution in [3.05, 3.63) is 48.7 Å².